The molecule has 0 aliphatic heterocycles. The highest BCUT2D eigenvalue weighted by Gasteiger charge is 2.32. The molecule has 1 aromatic rings. The van der Waals surface area contributed by atoms with E-state index in [1.807, 2.05) is 19.1 Å². The van der Waals surface area contributed by atoms with Crippen LogP contribution < -0.4 is 11.3 Å². The van der Waals surface area contributed by atoms with Gasteiger partial charge in [0.25, 0.3) is 0 Å². The summed E-state index contributed by atoms with van der Waals surface area (Å²) in [6.07, 6.45) is 1.74. The summed E-state index contributed by atoms with van der Waals surface area (Å²) in [5.41, 5.74) is 2.62. The highest BCUT2D eigenvalue weighted by molar-refractivity contribution is 7.16. The summed E-state index contributed by atoms with van der Waals surface area (Å²) in [6, 6.07) is 4.04. The van der Waals surface area contributed by atoms with Crippen LogP contribution in [0.4, 0.5) is 0 Å². The van der Waals surface area contributed by atoms with Crippen LogP contribution in [0.25, 0.3) is 0 Å². The minimum atomic E-state index is -0.250. The first-order valence-corrected chi connectivity index (χ1v) is 7.09. The second-order valence-electron chi connectivity index (χ2n) is 4.23. The van der Waals surface area contributed by atoms with Crippen molar-refractivity contribution in [3.8, 4) is 0 Å². The molecule has 5 heteroatoms. The quantitative estimate of drug-likeness (QED) is 0.595. The summed E-state index contributed by atoms with van der Waals surface area (Å²) in [6.45, 7) is 6.90. The molecular formula is C12H21ClN2OS. The van der Waals surface area contributed by atoms with Gasteiger partial charge in [0.1, 0.15) is 0 Å². The average Bonchev–Trinajstić information content (AvgIpc) is 2.72. The molecule has 0 saturated carbocycles. The van der Waals surface area contributed by atoms with Gasteiger partial charge in [0.05, 0.1) is 16.0 Å². The molecule has 1 aromatic heterocycles. The molecule has 98 valence electrons. The third kappa shape index (κ3) is 3.93. The normalized spacial score (nSPS) is 16.8. The van der Waals surface area contributed by atoms with Gasteiger partial charge < -0.3 is 4.74 Å². The van der Waals surface area contributed by atoms with Gasteiger partial charge in [-0.05, 0) is 32.4 Å². The predicted molar refractivity (Wildman–Crippen MR) is 74.5 cm³/mol. The van der Waals surface area contributed by atoms with E-state index in [0.717, 1.165) is 17.2 Å². The summed E-state index contributed by atoms with van der Waals surface area (Å²) in [7, 11) is 0. The van der Waals surface area contributed by atoms with E-state index < -0.39 is 0 Å². The zero-order valence-electron chi connectivity index (χ0n) is 10.6. The Hall–Kier alpha value is -0.130. The summed E-state index contributed by atoms with van der Waals surface area (Å²) in [5, 5.41) is 0. The lowest BCUT2D eigenvalue weighted by atomic mass is 9.90. The number of hydrazine groups is 1. The van der Waals surface area contributed by atoms with Crippen LogP contribution in [0, 0.1) is 0 Å². The summed E-state index contributed by atoms with van der Waals surface area (Å²) in [5.74, 6) is 5.66. The van der Waals surface area contributed by atoms with Crippen LogP contribution >= 0.6 is 22.9 Å². The van der Waals surface area contributed by atoms with Crippen molar-refractivity contribution < 1.29 is 4.74 Å². The fourth-order valence-corrected chi connectivity index (χ4v) is 3.03. The molecule has 0 radical (unpaired) electrons. The van der Waals surface area contributed by atoms with Crippen LogP contribution in [0.15, 0.2) is 12.1 Å². The molecule has 0 aliphatic rings. The molecule has 0 aromatic carbocycles. The third-order valence-electron chi connectivity index (χ3n) is 3.15. The predicted octanol–water partition coefficient (Wildman–Crippen LogP) is 2.98. The van der Waals surface area contributed by atoms with Crippen molar-refractivity contribution in [2.75, 3.05) is 6.61 Å². The molecule has 1 heterocycles. The summed E-state index contributed by atoms with van der Waals surface area (Å²) < 4.78 is 6.65. The zero-order chi connectivity index (χ0) is 12.9. The first kappa shape index (κ1) is 14.9. The molecule has 3 nitrogen and oxygen atoms in total. The average molecular weight is 277 g/mol. The molecule has 0 bridgehead atoms. The molecule has 1 rings (SSSR count). The van der Waals surface area contributed by atoms with E-state index in [1.54, 1.807) is 11.3 Å². The minimum Gasteiger partial charge on any atom is -0.374 e. The summed E-state index contributed by atoms with van der Waals surface area (Å²) in [4.78, 5) is 1.22. The molecular weight excluding hydrogens is 256 g/mol. The Morgan fingerprint density at radius 2 is 2.24 bits per heavy atom. The largest absolute Gasteiger partial charge is 0.374 e. The molecule has 17 heavy (non-hydrogen) atoms. The second kappa shape index (κ2) is 6.71. The van der Waals surface area contributed by atoms with Gasteiger partial charge in [0.2, 0.25) is 0 Å². The lowest BCUT2D eigenvalue weighted by Gasteiger charge is -2.36. The lowest BCUT2D eigenvalue weighted by Crippen LogP contribution is -2.54. The Balaban J connectivity index is 2.75. The molecule has 0 saturated heterocycles. The van der Waals surface area contributed by atoms with E-state index in [0.29, 0.717) is 6.61 Å². The fourth-order valence-electron chi connectivity index (χ4n) is 1.89. The van der Waals surface area contributed by atoms with E-state index >= 15 is 0 Å². The van der Waals surface area contributed by atoms with Gasteiger partial charge in [-0.25, -0.2) is 0 Å². The smallest absolute Gasteiger partial charge is 0.0931 e. The first-order valence-electron chi connectivity index (χ1n) is 5.90. The van der Waals surface area contributed by atoms with E-state index in [1.165, 1.54) is 4.88 Å². The van der Waals surface area contributed by atoms with Gasteiger partial charge >= 0.3 is 0 Å². The van der Waals surface area contributed by atoms with E-state index in [-0.39, 0.29) is 11.6 Å². The molecule has 2 unspecified atom stereocenters. The minimum absolute atomic E-state index is 0.0853. The topological polar surface area (TPSA) is 47.3 Å². The first-order chi connectivity index (χ1) is 8.05. The lowest BCUT2D eigenvalue weighted by molar-refractivity contribution is -0.0549. The van der Waals surface area contributed by atoms with Gasteiger partial charge in [0, 0.05) is 17.9 Å². The van der Waals surface area contributed by atoms with Crippen molar-refractivity contribution in [1.29, 1.82) is 0 Å². The Morgan fingerprint density at radius 3 is 2.65 bits per heavy atom. The Bertz CT molecular complexity index is 345. The van der Waals surface area contributed by atoms with Gasteiger partial charge in [-0.2, -0.15) is 0 Å². The maximum atomic E-state index is 5.93. The molecule has 2 atom stereocenters. The van der Waals surface area contributed by atoms with Crippen molar-refractivity contribution in [3.63, 3.8) is 0 Å². The SMILES string of the molecule is CCOC(C)(CC)C(Cc1ccc(Cl)s1)NN. The van der Waals surface area contributed by atoms with Crippen LogP contribution in [0.1, 0.15) is 32.1 Å². The number of thiophene rings is 1. The van der Waals surface area contributed by atoms with Crippen molar-refractivity contribution in [2.24, 2.45) is 5.84 Å². The highest BCUT2D eigenvalue weighted by atomic mass is 35.5. The number of hydrogen-bond donors (Lipinski definition) is 2. The Labute approximate surface area is 112 Å². The molecule has 0 spiro atoms. The number of rotatable bonds is 7. The van der Waals surface area contributed by atoms with Crippen LogP contribution in [0.2, 0.25) is 4.34 Å². The number of hydrogen-bond acceptors (Lipinski definition) is 4. The Morgan fingerprint density at radius 1 is 1.53 bits per heavy atom. The second-order valence-corrected chi connectivity index (χ2v) is 6.03. The van der Waals surface area contributed by atoms with Crippen LogP contribution in [-0.4, -0.2) is 18.2 Å². The monoisotopic (exact) mass is 276 g/mol. The maximum Gasteiger partial charge on any atom is 0.0931 e. The van der Waals surface area contributed by atoms with E-state index in [9.17, 15) is 0 Å². The highest BCUT2D eigenvalue weighted by Crippen LogP contribution is 2.27. The number of ether oxygens (including phenoxy) is 1. The fraction of sp³-hybridized carbons (Fsp3) is 0.667. The zero-order valence-corrected chi connectivity index (χ0v) is 12.2. The molecule has 0 amide bonds. The summed E-state index contributed by atoms with van der Waals surface area (Å²) >= 11 is 7.52. The number of halogens is 1. The van der Waals surface area contributed by atoms with Gasteiger partial charge in [-0.3, -0.25) is 11.3 Å². The van der Waals surface area contributed by atoms with Crippen molar-refractivity contribution >= 4 is 22.9 Å². The molecule has 3 N–H and O–H groups in total. The van der Waals surface area contributed by atoms with E-state index in [4.69, 9.17) is 22.2 Å². The number of nitrogens with one attached hydrogen (secondary N) is 1. The van der Waals surface area contributed by atoms with Gasteiger partial charge in [-0.15, -0.1) is 11.3 Å². The standard InChI is InChI=1S/C12H21ClN2OS/c1-4-12(3,16-5-2)10(15-14)8-9-6-7-11(13)17-9/h6-7,10,15H,4-5,8,14H2,1-3H3. The molecule has 0 aliphatic carbocycles. The number of nitrogens with two attached hydrogens (primary N) is 1. The molecule has 0 fully saturated rings. The third-order valence-corrected chi connectivity index (χ3v) is 4.40. The van der Waals surface area contributed by atoms with Crippen LogP contribution in [-0.2, 0) is 11.2 Å². The van der Waals surface area contributed by atoms with Crippen molar-refractivity contribution in [3.05, 3.63) is 21.3 Å². The van der Waals surface area contributed by atoms with Crippen LogP contribution in [0.3, 0.4) is 0 Å². The van der Waals surface area contributed by atoms with Crippen LogP contribution in [0.5, 0.6) is 0 Å². The van der Waals surface area contributed by atoms with Gasteiger partial charge in [-0.1, -0.05) is 18.5 Å². The van der Waals surface area contributed by atoms with Crippen molar-refractivity contribution in [2.45, 2.75) is 45.3 Å². The van der Waals surface area contributed by atoms with Gasteiger partial charge in [0.15, 0.2) is 0 Å². The van der Waals surface area contributed by atoms with E-state index in [2.05, 4.69) is 19.3 Å². The maximum absolute atomic E-state index is 5.93. The Kier molecular flexibility index (Phi) is 5.89. The van der Waals surface area contributed by atoms with Crippen molar-refractivity contribution in [1.82, 2.24) is 5.43 Å².